The SMILES string of the molecule is O=C(O)N1CCC[C@H]1COc1ccc([N+](=O)[O-])cc1Cl. The van der Waals surface area contributed by atoms with Crippen molar-refractivity contribution in [2.75, 3.05) is 13.2 Å². The van der Waals surface area contributed by atoms with E-state index in [0.29, 0.717) is 12.3 Å². The minimum absolute atomic E-state index is 0.115. The fourth-order valence-electron chi connectivity index (χ4n) is 2.17. The summed E-state index contributed by atoms with van der Waals surface area (Å²) in [4.78, 5) is 22.4. The molecule has 2 rings (SSSR count). The van der Waals surface area contributed by atoms with Gasteiger partial charge in [-0.05, 0) is 18.9 Å². The molecule has 0 unspecified atom stereocenters. The highest BCUT2D eigenvalue weighted by atomic mass is 35.5. The van der Waals surface area contributed by atoms with E-state index in [1.165, 1.54) is 23.1 Å². The van der Waals surface area contributed by atoms with Gasteiger partial charge in [0.25, 0.3) is 5.69 Å². The number of amides is 1. The second-order valence-corrected chi connectivity index (χ2v) is 4.86. The lowest BCUT2D eigenvalue weighted by atomic mass is 10.2. The number of ether oxygens (including phenoxy) is 1. The summed E-state index contributed by atoms with van der Waals surface area (Å²) in [6.07, 6.45) is 0.566. The molecule has 1 N–H and O–H groups in total. The minimum Gasteiger partial charge on any atom is -0.490 e. The van der Waals surface area contributed by atoms with Crippen molar-refractivity contribution in [2.24, 2.45) is 0 Å². The van der Waals surface area contributed by atoms with Crippen LogP contribution in [0.2, 0.25) is 5.02 Å². The molecule has 1 aliphatic heterocycles. The molecule has 8 heteroatoms. The largest absolute Gasteiger partial charge is 0.490 e. The lowest BCUT2D eigenvalue weighted by Gasteiger charge is -2.21. The maximum Gasteiger partial charge on any atom is 0.407 e. The number of carboxylic acid groups (broad SMARTS) is 1. The Bertz CT molecular complexity index is 537. The average molecular weight is 301 g/mol. The topological polar surface area (TPSA) is 92.9 Å². The van der Waals surface area contributed by atoms with Gasteiger partial charge in [-0.3, -0.25) is 10.1 Å². The van der Waals surface area contributed by atoms with Gasteiger partial charge in [-0.25, -0.2) is 4.79 Å². The quantitative estimate of drug-likeness (QED) is 0.681. The van der Waals surface area contributed by atoms with E-state index in [9.17, 15) is 14.9 Å². The summed E-state index contributed by atoms with van der Waals surface area (Å²) in [7, 11) is 0. The molecular formula is C12H13ClN2O5. The van der Waals surface area contributed by atoms with Gasteiger partial charge in [-0.2, -0.15) is 0 Å². The first kappa shape index (κ1) is 14.4. The molecule has 1 saturated heterocycles. The van der Waals surface area contributed by atoms with Gasteiger partial charge in [-0.1, -0.05) is 11.6 Å². The number of carbonyl (C=O) groups is 1. The Morgan fingerprint density at radius 3 is 2.95 bits per heavy atom. The number of benzene rings is 1. The van der Waals surface area contributed by atoms with Crippen molar-refractivity contribution >= 4 is 23.4 Å². The number of hydrogen-bond acceptors (Lipinski definition) is 4. The predicted octanol–water partition coefficient (Wildman–Crippen LogP) is 2.77. The van der Waals surface area contributed by atoms with Crippen molar-refractivity contribution in [2.45, 2.75) is 18.9 Å². The van der Waals surface area contributed by atoms with E-state index in [4.69, 9.17) is 21.4 Å². The molecule has 0 radical (unpaired) electrons. The van der Waals surface area contributed by atoms with E-state index in [1.54, 1.807) is 0 Å². The highest BCUT2D eigenvalue weighted by molar-refractivity contribution is 6.32. The fourth-order valence-corrected chi connectivity index (χ4v) is 2.40. The molecule has 108 valence electrons. The number of nitro benzene ring substituents is 1. The zero-order valence-corrected chi connectivity index (χ0v) is 11.2. The average Bonchev–Trinajstić information content (AvgIpc) is 2.85. The third-order valence-corrected chi connectivity index (χ3v) is 3.48. The van der Waals surface area contributed by atoms with Gasteiger partial charge >= 0.3 is 6.09 Å². The number of nitrogens with zero attached hydrogens (tertiary/aromatic N) is 2. The zero-order valence-electron chi connectivity index (χ0n) is 10.5. The number of nitro groups is 1. The van der Waals surface area contributed by atoms with Crippen LogP contribution in [0.3, 0.4) is 0 Å². The van der Waals surface area contributed by atoms with Crippen LogP contribution in [0.1, 0.15) is 12.8 Å². The van der Waals surface area contributed by atoms with E-state index >= 15 is 0 Å². The Labute approximate surface area is 119 Å². The number of likely N-dealkylation sites (tertiary alicyclic amines) is 1. The summed E-state index contributed by atoms with van der Waals surface area (Å²) < 4.78 is 5.48. The van der Waals surface area contributed by atoms with Gasteiger partial charge in [-0.15, -0.1) is 0 Å². The minimum atomic E-state index is -0.967. The summed E-state index contributed by atoms with van der Waals surface area (Å²) >= 11 is 5.90. The summed E-state index contributed by atoms with van der Waals surface area (Å²) in [5.74, 6) is 0.314. The first-order valence-corrected chi connectivity index (χ1v) is 6.43. The first-order chi connectivity index (χ1) is 9.49. The molecule has 0 aliphatic carbocycles. The molecule has 1 fully saturated rings. The number of halogens is 1. The predicted molar refractivity (Wildman–Crippen MR) is 71.4 cm³/mol. The van der Waals surface area contributed by atoms with Crippen LogP contribution < -0.4 is 4.74 Å². The Balaban J connectivity index is 2.00. The Kier molecular flexibility index (Phi) is 4.29. The number of hydrogen-bond donors (Lipinski definition) is 1. The van der Waals surface area contributed by atoms with E-state index < -0.39 is 11.0 Å². The number of non-ortho nitro benzene ring substituents is 1. The van der Waals surface area contributed by atoms with Crippen LogP contribution in [-0.4, -0.2) is 40.2 Å². The lowest BCUT2D eigenvalue weighted by Crippen LogP contribution is -2.38. The van der Waals surface area contributed by atoms with Gasteiger partial charge in [0.2, 0.25) is 0 Å². The molecule has 7 nitrogen and oxygen atoms in total. The fraction of sp³-hybridized carbons (Fsp3) is 0.417. The second kappa shape index (κ2) is 5.96. The van der Waals surface area contributed by atoms with Crippen LogP contribution in [0.25, 0.3) is 0 Å². The molecule has 20 heavy (non-hydrogen) atoms. The Morgan fingerprint density at radius 2 is 2.35 bits per heavy atom. The molecule has 1 aromatic rings. The van der Waals surface area contributed by atoms with E-state index in [0.717, 1.165) is 12.8 Å². The molecule has 0 saturated carbocycles. The summed E-state index contributed by atoms with van der Waals surface area (Å²) in [6, 6.07) is 3.71. The van der Waals surface area contributed by atoms with Crippen LogP contribution in [0.5, 0.6) is 5.75 Å². The lowest BCUT2D eigenvalue weighted by molar-refractivity contribution is -0.384. The molecule has 1 amide bonds. The summed E-state index contributed by atoms with van der Waals surface area (Å²) in [6.45, 7) is 0.682. The van der Waals surface area contributed by atoms with Crippen molar-refractivity contribution in [1.82, 2.24) is 4.90 Å². The Hall–Kier alpha value is -2.02. The van der Waals surface area contributed by atoms with Gasteiger partial charge < -0.3 is 14.7 Å². The molecule has 1 aliphatic rings. The van der Waals surface area contributed by atoms with Crippen LogP contribution in [0.4, 0.5) is 10.5 Å². The molecule has 0 aromatic heterocycles. The number of rotatable bonds is 4. The molecule has 0 spiro atoms. The third-order valence-electron chi connectivity index (χ3n) is 3.18. The van der Waals surface area contributed by atoms with Crippen LogP contribution >= 0.6 is 11.6 Å². The van der Waals surface area contributed by atoms with Crippen molar-refractivity contribution in [3.05, 3.63) is 33.3 Å². The standard InChI is InChI=1S/C12H13ClN2O5/c13-10-6-8(15(18)19)3-4-11(10)20-7-9-2-1-5-14(9)12(16)17/h3-4,6,9H,1-2,5,7H2,(H,16,17)/t9-/m0/s1. The van der Waals surface area contributed by atoms with Gasteiger partial charge in [0.15, 0.2) is 0 Å². The van der Waals surface area contributed by atoms with Gasteiger partial charge in [0.05, 0.1) is 16.0 Å². The van der Waals surface area contributed by atoms with Crippen molar-refractivity contribution in [3.63, 3.8) is 0 Å². The highest BCUT2D eigenvalue weighted by Gasteiger charge is 2.29. The van der Waals surface area contributed by atoms with Gasteiger partial charge in [0.1, 0.15) is 12.4 Å². The van der Waals surface area contributed by atoms with E-state index in [2.05, 4.69) is 0 Å². The molecule has 1 aromatic carbocycles. The van der Waals surface area contributed by atoms with Gasteiger partial charge in [0, 0.05) is 18.7 Å². The monoisotopic (exact) mass is 300 g/mol. The second-order valence-electron chi connectivity index (χ2n) is 4.45. The van der Waals surface area contributed by atoms with Crippen LogP contribution in [-0.2, 0) is 0 Å². The first-order valence-electron chi connectivity index (χ1n) is 6.05. The van der Waals surface area contributed by atoms with Crippen molar-refractivity contribution in [3.8, 4) is 5.75 Å². The molecule has 1 heterocycles. The molecule has 1 atom stereocenters. The summed E-state index contributed by atoms with van der Waals surface area (Å²) in [5, 5.41) is 19.7. The van der Waals surface area contributed by atoms with Crippen molar-refractivity contribution < 1.29 is 19.6 Å². The maximum atomic E-state index is 11.0. The van der Waals surface area contributed by atoms with Crippen LogP contribution in [0, 0.1) is 10.1 Å². The highest BCUT2D eigenvalue weighted by Crippen LogP contribution is 2.29. The normalized spacial score (nSPS) is 18.1. The molecule has 0 bridgehead atoms. The van der Waals surface area contributed by atoms with Crippen molar-refractivity contribution in [1.29, 1.82) is 0 Å². The van der Waals surface area contributed by atoms with E-state index in [-0.39, 0.29) is 23.4 Å². The van der Waals surface area contributed by atoms with Crippen LogP contribution in [0.15, 0.2) is 18.2 Å². The molecular weight excluding hydrogens is 288 g/mol. The third kappa shape index (κ3) is 3.11. The summed E-state index contributed by atoms with van der Waals surface area (Å²) in [5.41, 5.74) is -0.115. The maximum absolute atomic E-state index is 11.0. The van der Waals surface area contributed by atoms with E-state index in [1.807, 2.05) is 0 Å². The Morgan fingerprint density at radius 1 is 1.60 bits per heavy atom. The smallest absolute Gasteiger partial charge is 0.407 e. The zero-order chi connectivity index (χ0) is 14.7.